The first kappa shape index (κ1) is 13.7. The summed E-state index contributed by atoms with van der Waals surface area (Å²) in [6, 6.07) is 8.58. The Bertz CT molecular complexity index is 593. The molecule has 3 rings (SSSR count). The third kappa shape index (κ3) is 2.05. The number of para-hydroxylation sites is 1. The monoisotopic (exact) mass is 273 g/mol. The third-order valence-electron chi connectivity index (χ3n) is 4.59. The maximum Gasteiger partial charge on any atom is 0.137 e. The summed E-state index contributed by atoms with van der Waals surface area (Å²) >= 11 is 0. The van der Waals surface area contributed by atoms with Gasteiger partial charge in [-0.05, 0) is 44.4 Å². The fourth-order valence-corrected chi connectivity index (χ4v) is 3.26. The van der Waals surface area contributed by atoms with Crippen molar-refractivity contribution in [3.8, 4) is 0 Å². The van der Waals surface area contributed by atoms with Gasteiger partial charge < -0.3 is 14.5 Å². The molecule has 1 aromatic heterocycles. The highest BCUT2D eigenvalue weighted by atomic mass is 16.5. The topological polar surface area (TPSA) is 34.4 Å². The van der Waals surface area contributed by atoms with Crippen molar-refractivity contribution in [1.82, 2.24) is 5.32 Å². The van der Waals surface area contributed by atoms with Crippen molar-refractivity contribution >= 4 is 11.0 Å². The molecule has 0 saturated heterocycles. The second-order valence-corrected chi connectivity index (χ2v) is 5.76. The van der Waals surface area contributed by atoms with Gasteiger partial charge in [0.05, 0.1) is 11.6 Å². The van der Waals surface area contributed by atoms with Gasteiger partial charge in [-0.25, -0.2) is 0 Å². The zero-order chi connectivity index (χ0) is 14.2. The minimum atomic E-state index is -0.0994. The van der Waals surface area contributed by atoms with E-state index in [1.54, 1.807) is 0 Å². The number of ether oxygens (including phenoxy) is 1. The average molecular weight is 273 g/mol. The SMILES string of the molecule is CCNC(c1cc2cccc(C)c2o1)C1(OC)CCC1. The van der Waals surface area contributed by atoms with Gasteiger partial charge in [0.2, 0.25) is 0 Å². The maximum absolute atomic E-state index is 6.15. The van der Waals surface area contributed by atoms with E-state index in [-0.39, 0.29) is 11.6 Å². The molecule has 0 bridgehead atoms. The number of nitrogens with one attached hydrogen (secondary N) is 1. The van der Waals surface area contributed by atoms with Crippen molar-refractivity contribution < 1.29 is 9.15 Å². The van der Waals surface area contributed by atoms with E-state index in [0.717, 1.165) is 30.7 Å². The molecule has 1 N–H and O–H groups in total. The zero-order valence-electron chi connectivity index (χ0n) is 12.5. The Morgan fingerprint density at radius 1 is 1.40 bits per heavy atom. The van der Waals surface area contributed by atoms with Gasteiger partial charge in [0.1, 0.15) is 11.3 Å². The molecule has 1 heterocycles. The second-order valence-electron chi connectivity index (χ2n) is 5.76. The van der Waals surface area contributed by atoms with E-state index in [0.29, 0.717) is 0 Å². The minimum Gasteiger partial charge on any atom is -0.459 e. The lowest BCUT2D eigenvalue weighted by Crippen LogP contribution is -2.50. The number of likely N-dealkylation sites (N-methyl/N-ethyl adjacent to an activating group) is 1. The fraction of sp³-hybridized carbons (Fsp3) is 0.529. The van der Waals surface area contributed by atoms with E-state index in [1.807, 2.05) is 7.11 Å². The summed E-state index contributed by atoms with van der Waals surface area (Å²) < 4.78 is 12.0. The number of rotatable bonds is 5. The van der Waals surface area contributed by atoms with E-state index in [9.17, 15) is 0 Å². The standard InChI is InChI=1S/C17H23NO2/c1-4-18-16(17(19-3)9-6-10-17)14-11-13-8-5-7-12(2)15(13)20-14/h5,7-8,11,16,18H,4,6,9-10H2,1-3H3. The predicted molar refractivity (Wildman–Crippen MR) is 81.0 cm³/mol. The van der Waals surface area contributed by atoms with Gasteiger partial charge in [-0.3, -0.25) is 0 Å². The van der Waals surface area contributed by atoms with Crippen LogP contribution in [0.2, 0.25) is 0 Å². The largest absolute Gasteiger partial charge is 0.459 e. The first-order valence-corrected chi connectivity index (χ1v) is 7.48. The number of fused-ring (bicyclic) bond motifs is 1. The predicted octanol–water partition coefficient (Wildman–Crippen LogP) is 3.96. The van der Waals surface area contributed by atoms with E-state index in [4.69, 9.17) is 9.15 Å². The smallest absolute Gasteiger partial charge is 0.137 e. The molecule has 1 unspecified atom stereocenters. The van der Waals surface area contributed by atoms with Crippen molar-refractivity contribution in [3.63, 3.8) is 0 Å². The molecule has 20 heavy (non-hydrogen) atoms. The Hall–Kier alpha value is -1.32. The first-order chi connectivity index (χ1) is 9.70. The quantitative estimate of drug-likeness (QED) is 0.895. The van der Waals surface area contributed by atoms with Crippen LogP contribution in [0.25, 0.3) is 11.0 Å². The Morgan fingerprint density at radius 2 is 2.20 bits per heavy atom. The van der Waals surface area contributed by atoms with Crippen LogP contribution in [-0.4, -0.2) is 19.3 Å². The highest BCUT2D eigenvalue weighted by Gasteiger charge is 2.46. The van der Waals surface area contributed by atoms with E-state index in [2.05, 4.69) is 43.4 Å². The molecule has 0 radical (unpaired) electrons. The molecule has 0 aliphatic heterocycles. The van der Waals surface area contributed by atoms with E-state index >= 15 is 0 Å². The Morgan fingerprint density at radius 3 is 2.75 bits per heavy atom. The molecule has 3 heteroatoms. The van der Waals surface area contributed by atoms with E-state index < -0.39 is 0 Å². The van der Waals surface area contributed by atoms with Gasteiger partial charge in [-0.15, -0.1) is 0 Å². The van der Waals surface area contributed by atoms with Crippen LogP contribution in [0.4, 0.5) is 0 Å². The molecule has 1 aliphatic rings. The van der Waals surface area contributed by atoms with Crippen molar-refractivity contribution in [3.05, 3.63) is 35.6 Å². The summed E-state index contributed by atoms with van der Waals surface area (Å²) in [6.07, 6.45) is 3.42. The molecule has 1 aliphatic carbocycles. The van der Waals surface area contributed by atoms with Crippen LogP contribution < -0.4 is 5.32 Å². The van der Waals surface area contributed by atoms with Gasteiger partial charge in [-0.2, -0.15) is 0 Å². The fourth-order valence-electron chi connectivity index (χ4n) is 3.26. The van der Waals surface area contributed by atoms with Gasteiger partial charge in [-0.1, -0.05) is 25.1 Å². The summed E-state index contributed by atoms with van der Waals surface area (Å²) in [5, 5.41) is 4.73. The lowest BCUT2D eigenvalue weighted by molar-refractivity contribution is -0.103. The number of aryl methyl sites for hydroxylation is 1. The third-order valence-corrected chi connectivity index (χ3v) is 4.59. The lowest BCUT2D eigenvalue weighted by atomic mass is 9.73. The zero-order valence-corrected chi connectivity index (χ0v) is 12.5. The van der Waals surface area contributed by atoms with Crippen LogP contribution in [0, 0.1) is 6.92 Å². The van der Waals surface area contributed by atoms with Crippen molar-refractivity contribution in [2.24, 2.45) is 0 Å². The Kier molecular flexibility index (Phi) is 3.57. The normalized spacial score (nSPS) is 18.9. The molecule has 1 atom stereocenters. The van der Waals surface area contributed by atoms with Crippen LogP contribution in [0.5, 0.6) is 0 Å². The lowest BCUT2D eigenvalue weighted by Gasteiger charge is -2.45. The summed E-state index contributed by atoms with van der Waals surface area (Å²) in [5.74, 6) is 0.998. The summed E-state index contributed by atoms with van der Waals surface area (Å²) in [6.45, 7) is 5.13. The number of hydrogen-bond donors (Lipinski definition) is 1. The van der Waals surface area contributed by atoms with Crippen LogP contribution in [0.15, 0.2) is 28.7 Å². The molecule has 108 valence electrons. The Labute approximate surface area is 120 Å². The van der Waals surface area contributed by atoms with Crippen molar-refractivity contribution in [2.75, 3.05) is 13.7 Å². The van der Waals surface area contributed by atoms with Gasteiger partial charge in [0.25, 0.3) is 0 Å². The Balaban J connectivity index is 2.03. The minimum absolute atomic E-state index is 0.0994. The summed E-state index contributed by atoms with van der Waals surface area (Å²) in [7, 11) is 1.82. The van der Waals surface area contributed by atoms with Gasteiger partial charge >= 0.3 is 0 Å². The molecule has 0 amide bonds. The van der Waals surface area contributed by atoms with E-state index in [1.165, 1.54) is 17.4 Å². The number of benzene rings is 1. The summed E-state index contributed by atoms with van der Waals surface area (Å²) in [4.78, 5) is 0. The first-order valence-electron chi connectivity index (χ1n) is 7.48. The number of hydrogen-bond acceptors (Lipinski definition) is 3. The second kappa shape index (κ2) is 5.23. The van der Waals surface area contributed by atoms with Crippen molar-refractivity contribution in [1.29, 1.82) is 0 Å². The van der Waals surface area contributed by atoms with Gasteiger partial charge in [0.15, 0.2) is 0 Å². The van der Waals surface area contributed by atoms with Crippen LogP contribution >= 0.6 is 0 Å². The average Bonchev–Trinajstić information content (AvgIpc) is 2.82. The summed E-state index contributed by atoms with van der Waals surface area (Å²) in [5.41, 5.74) is 2.08. The molecule has 1 saturated carbocycles. The number of furan rings is 1. The molecule has 1 fully saturated rings. The van der Waals surface area contributed by atoms with Crippen molar-refractivity contribution in [2.45, 2.75) is 44.8 Å². The molecule has 1 aromatic carbocycles. The number of methoxy groups -OCH3 is 1. The molecule has 3 nitrogen and oxygen atoms in total. The van der Waals surface area contributed by atoms with Crippen LogP contribution in [0.3, 0.4) is 0 Å². The molecular formula is C17H23NO2. The molecule has 2 aromatic rings. The van der Waals surface area contributed by atoms with Crippen LogP contribution in [0.1, 0.15) is 43.6 Å². The maximum atomic E-state index is 6.15. The molecular weight excluding hydrogens is 250 g/mol. The van der Waals surface area contributed by atoms with Crippen LogP contribution in [-0.2, 0) is 4.74 Å². The van der Waals surface area contributed by atoms with Gasteiger partial charge in [0, 0.05) is 12.5 Å². The highest BCUT2D eigenvalue weighted by molar-refractivity contribution is 5.81. The molecule has 0 spiro atoms. The highest BCUT2D eigenvalue weighted by Crippen LogP contribution is 2.45.